The maximum atomic E-state index is 5.76. The van der Waals surface area contributed by atoms with Crippen molar-refractivity contribution in [1.29, 1.82) is 0 Å². The average Bonchev–Trinajstić information content (AvgIpc) is 3.28. The van der Waals surface area contributed by atoms with Crippen LogP contribution in [0.25, 0.3) is 11.7 Å². The van der Waals surface area contributed by atoms with Gasteiger partial charge in [-0.1, -0.05) is 6.07 Å². The van der Waals surface area contributed by atoms with E-state index in [2.05, 4.69) is 32.6 Å². The molecule has 6 heteroatoms. The summed E-state index contributed by atoms with van der Waals surface area (Å²) in [5.41, 5.74) is 0. The summed E-state index contributed by atoms with van der Waals surface area (Å²) in [6, 6.07) is 7.92. The molecule has 5 nitrogen and oxygen atoms in total. The molecule has 1 saturated heterocycles. The van der Waals surface area contributed by atoms with Crippen molar-refractivity contribution in [1.82, 2.24) is 15.1 Å². The molecule has 3 aromatic rings. The Morgan fingerprint density at radius 3 is 3.10 bits per heavy atom. The molecule has 0 radical (unpaired) electrons. The minimum absolute atomic E-state index is 0.321. The van der Waals surface area contributed by atoms with Gasteiger partial charge in [-0.15, -0.1) is 21.5 Å². The van der Waals surface area contributed by atoms with Gasteiger partial charge in [0.2, 0.25) is 5.89 Å². The highest BCUT2D eigenvalue weighted by molar-refractivity contribution is 7.09. The van der Waals surface area contributed by atoms with Crippen LogP contribution in [-0.2, 0) is 6.54 Å². The Kier molecular flexibility index (Phi) is 3.33. The predicted octanol–water partition coefficient (Wildman–Crippen LogP) is 3.38. The Balaban J connectivity index is 1.43. The SMILES string of the molecule is c1coc(-c2nnc(C3CCN(Cc4cccs4)C3)o2)c1. The second-order valence-electron chi connectivity index (χ2n) is 5.22. The Labute approximate surface area is 126 Å². The van der Waals surface area contributed by atoms with Crippen molar-refractivity contribution in [3.63, 3.8) is 0 Å². The third-order valence-electron chi connectivity index (χ3n) is 3.75. The van der Waals surface area contributed by atoms with Gasteiger partial charge in [0.25, 0.3) is 5.89 Å². The summed E-state index contributed by atoms with van der Waals surface area (Å²) < 4.78 is 11.0. The highest BCUT2D eigenvalue weighted by Gasteiger charge is 2.28. The lowest BCUT2D eigenvalue weighted by Crippen LogP contribution is -2.19. The van der Waals surface area contributed by atoms with E-state index in [-0.39, 0.29) is 0 Å². The van der Waals surface area contributed by atoms with Gasteiger partial charge in [0.05, 0.1) is 12.2 Å². The normalized spacial score (nSPS) is 19.3. The van der Waals surface area contributed by atoms with Gasteiger partial charge in [-0.25, -0.2) is 0 Å². The number of rotatable bonds is 4. The fourth-order valence-corrected chi connectivity index (χ4v) is 3.45. The molecule has 1 aliphatic rings. The Bertz CT molecular complexity index is 690. The van der Waals surface area contributed by atoms with Gasteiger partial charge in [-0.2, -0.15) is 0 Å². The van der Waals surface area contributed by atoms with Gasteiger partial charge in [-0.3, -0.25) is 4.90 Å². The van der Waals surface area contributed by atoms with Crippen LogP contribution in [0.3, 0.4) is 0 Å². The number of hydrogen-bond acceptors (Lipinski definition) is 6. The third kappa shape index (κ3) is 2.64. The van der Waals surface area contributed by atoms with Crippen LogP contribution in [0.4, 0.5) is 0 Å². The van der Waals surface area contributed by atoms with Crippen LogP contribution in [-0.4, -0.2) is 28.2 Å². The second-order valence-corrected chi connectivity index (χ2v) is 6.26. The maximum Gasteiger partial charge on any atom is 0.283 e. The van der Waals surface area contributed by atoms with E-state index in [1.54, 1.807) is 17.6 Å². The van der Waals surface area contributed by atoms with Crippen molar-refractivity contribution in [2.24, 2.45) is 0 Å². The largest absolute Gasteiger partial charge is 0.459 e. The van der Waals surface area contributed by atoms with Crippen molar-refractivity contribution in [3.05, 3.63) is 46.7 Å². The van der Waals surface area contributed by atoms with Crippen LogP contribution >= 0.6 is 11.3 Å². The quantitative estimate of drug-likeness (QED) is 0.739. The molecule has 0 saturated carbocycles. The first-order valence-electron chi connectivity index (χ1n) is 7.00. The highest BCUT2D eigenvalue weighted by Crippen LogP contribution is 2.29. The van der Waals surface area contributed by atoms with Gasteiger partial charge in [-0.05, 0) is 36.5 Å². The molecule has 0 N–H and O–H groups in total. The zero-order valence-electron chi connectivity index (χ0n) is 11.4. The smallest absolute Gasteiger partial charge is 0.283 e. The molecule has 0 amide bonds. The first-order valence-corrected chi connectivity index (χ1v) is 7.88. The number of hydrogen-bond donors (Lipinski definition) is 0. The van der Waals surface area contributed by atoms with Crippen LogP contribution < -0.4 is 0 Å². The van der Waals surface area contributed by atoms with E-state index >= 15 is 0 Å². The Morgan fingerprint density at radius 2 is 2.29 bits per heavy atom. The van der Waals surface area contributed by atoms with Crippen LogP contribution in [0.2, 0.25) is 0 Å². The number of aromatic nitrogens is 2. The fourth-order valence-electron chi connectivity index (χ4n) is 2.70. The lowest BCUT2D eigenvalue weighted by molar-refractivity contribution is 0.322. The van der Waals surface area contributed by atoms with Gasteiger partial charge in [0.15, 0.2) is 5.76 Å². The molecule has 0 bridgehead atoms. The first kappa shape index (κ1) is 12.8. The van der Waals surface area contributed by atoms with Crippen LogP contribution in [0.1, 0.15) is 23.1 Å². The summed E-state index contributed by atoms with van der Waals surface area (Å²) >= 11 is 1.80. The van der Waals surface area contributed by atoms with E-state index in [1.165, 1.54) is 4.88 Å². The molecule has 1 aliphatic heterocycles. The minimum Gasteiger partial charge on any atom is -0.459 e. The summed E-state index contributed by atoms with van der Waals surface area (Å²) in [5.74, 6) is 2.13. The summed E-state index contributed by atoms with van der Waals surface area (Å²) in [4.78, 5) is 3.84. The van der Waals surface area contributed by atoms with Gasteiger partial charge in [0, 0.05) is 18.0 Å². The summed E-state index contributed by atoms with van der Waals surface area (Å²) in [5, 5.41) is 10.4. The molecule has 0 aliphatic carbocycles. The average molecular weight is 301 g/mol. The molecule has 0 spiro atoms. The third-order valence-corrected chi connectivity index (χ3v) is 4.61. The van der Waals surface area contributed by atoms with E-state index < -0.39 is 0 Å². The van der Waals surface area contributed by atoms with Crippen molar-refractivity contribution in [3.8, 4) is 11.7 Å². The predicted molar refractivity (Wildman–Crippen MR) is 79.0 cm³/mol. The lowest BCUT2D eigenvalue weighted by Gasteiger charge is -2.13. The highest BCUT2D eigenvalue weighted by atomic mass is 32.1. The summed E-state index contributed by atoms with van der Waals surface area (Å²) in [6.45, 7) is 3.05. The number of nitrogens with zero attached hydrogens (tertiary/aromatic N) is 3. The Morgan fingerprint density at radius 1 is 1.29 bits per heavy atom. The summed E-state index contributed by atoms with van der Waals surface area (Å²) in [7, 11) is 0. The molecular weight excluding hydrogens is 286 g/mol. The zero-order valence-corrected chi connectivity index (χ0v) is 12.3. The fraction of sp³-hybridized carbons (Fsp3) is 0.333. The van der Waals surface area contributed by atoms with Crippen LogP contribution in [0.15, 0.2) is 44.7 Å². The van der Waals surface area contributed by atoms with E-state index in [9.17, 15) is 0 Å². The molecular formula is C15H15N3O2S. The number of thiophene rings is 1. The van der Waals surface area contributed by atoms with Crippen molar-refractivity contribution >= 4 is 11.3 Å². The zero-order chi connectivity index (χ0) is 14.1. The monoisotopic (exact) mass is 301 g/mol. The molecule has 4 rings (SSSR count). The lowest BCUT2D eigenvalue weighted by atomic mass is 10.1. The molecule has 0 aromatic carbocycles. The molecule has 1 unspecified atom stereocenters. The van der Waals surface area contributed by atoms with E-state index in [0.717, 1.165) is 31.9 Å². The molecule has 1 fully saturated rings. The topological polar surface area (TPSA) is 55.3 Å². The van der Waals surface area contributed by atoms with Gasteiger partial charge >= 0.3 is 0 Å². The molecule has 3 aromatic heterocycles. The van der Waals surface area contributed by atoms with Crippen molar-refractivity contribution in [2.45, 2.75) is 18.9 Å². The van der Waals surface area contributed by atoms with Gasteiger partial charge in [0.1, 0.15) is 0 Å². The summed E-state index contributed by atoms with van der Waals surface area (Å²) in [6.07, 6.45) is 2.67. The van der Waals surface area contributed by atoms with Crippen molar-refractivity contribution in [2.75, 3.05) is 13.1 Å². The molecule has 21 heavy (non-hydrogen) atoms. The molecule has 108 valence electrons. The first-order chi connectivity index (χ1) is 10.4. The second kappa shape index (κ2) is 5.46. The molecule has 1 atom stereocenters. The number of likely N-dealkylation sites (tertiary alicyclic amines) is 1. The standard InChI is InChI=1S/C15H15N3O2S/c1-4-13(19-7-1)15-17-16-14(20-15)11-5-6-18(9-11)10-12-3-2-8-21-12/h1-4,7-8,11H,5-6,9-10H2. The van der Waals surface area contributed by atoms with E-state index in [1.807, 2.05) is 12.1 Å². The maximum absolute atomic E-state index is 5.76. The van der Waals surface area contributed by atoms with Crippen molar-refractivity contribution < 1.29 is 8.83 Å². The van der Waals surface area contributed by atoms with E-state index in [0.29, 0.717) is 17.6 Å². The Hall–Kier alpha value is -1.92. The van der Waals surface area contributed by atoms with E-state index in [4.69, 9.17) is 8.83 Å². The number of furan rings is 1. The van der Waals surface area contributed by atoms with Gasteiger partial charge < -0.3 is 8.83 Å². The van der Waals surface area contributed by atoms with Crippen LogP contribution in [0.5, 0.6) is 0 Å². The van der Waals surface area contributed by atoms with Crippen LogP contribution in [0, 0.1) is 0 Å². The molecule has 4 heterocycles. The minimum atomic E-state index is 0.321.